The van der Waals surface area contributed by atoms with E-state index < -0.39 is 6.03 Å². The summed E-state index contributed by atoms with van der Waals surface area (Å²) >= 11 is 0. The van der Waals surface area contributed by atoms with Gasteiger partial charge in [0.2, 0.25) is 5.91 Å². The van der Waals surface area contributed by atoms with Gasteiger partial charge >= 0.3 is 6.03 Å². The molecule has 3 amide bonds. The fourth-order valence-electron chi connectivity index (χ4n) is 2.09. The van der Waals surface area contributed by atoms with Crippen molar-refractivity contribution < 1.29 is 14.3 Å². The molecule has 0 atom stereocenters. The lowest BCUT2D eigenvalue weighted by atomic mass is 10.2. The monoisotopic (exact) mass is 309 g/mol. The SMILES string of the molecule is O=C1CN(/N=C\c2cccc(OCc3ccccc3)c2)C(=O)N1. The topological polar surface area (TPSA) is 71.0 Å². The molecule has 6 heteroatoms. The maximum absolute atomic E-state index is 11.4. The Kier molecular flexibility index (Phi) is 4.33. The lowest BCUT2D eigenvalue weighted by molar-refractivity contribution is -0.118. The van der Waals surface area contributed by atoms with Crippen LogP contribution in [0.4, 0.5) is 4.79 Å². The van der Waals surface area contributed by atoms with Gasteiger partial charge in [0.05, 0.1) is 6.21 Å². The second kappa shape index (κ2) is 6.74. The Labute approximate surface area is 133 Å². The average molecular weight is 309 g/mol. The second-order valence-corrected chi connectivity index (χ2v) is 5.00. The summed E-state index contributed by atoms with van der Waals surface area (Å²) in [7, 11) is 0. The van der Waals surface area contributed by atoms with Gasteiger partial charge in [0.15, 0.2) is 0 Å². The number of nitrogens with one attached hydrogen (secondary N) is 1. The summed E-state index contributed by atoms with van der Waals surface area (Å²) in [5.41, 5.74) is 1.86. The summed E-state index contributed by atoms with van der Waals surface area (Å²) in [4.78, 5) is 22.5. The van der Waals surface area contributed by atoms with Crippen LogP contribution in [0.1, 0.15) is 11.1 Å². The van der Waals surface area contributed by atoms with Crippen LogP contribution in [0.2, 0.25) is 0 Å². The highest BCUT2D eigenvalue weighted by molar-refractivity contribution is 6.02. The van der Waals surface area contributed by atoms with E-state index in [1.807, 2.05) is 54.6 Å². The summed E-state index contributed by atoms with van der Waals surface area (Å²) in [5.74, 6) is 0.354. The molecule has 116 valence electrons. The van der Waals surface area contributed by atoms with Gasteiger partial charge in [-0.1, -0.05) is 42.5 Å². The van der Waals surface area contributed by atoms with Gasteiger partial charge in [0, 0.05) is 0 Å². The Morgan fingerprint density at radius 3 is 2.70 bits per heavy atom. The molecule has 0 unspecified atom stereocenters. The number of benzene rings is 2. The van der Waals surface area contributed by atoms with E-state index in [0.29, 0.717) is 12.4 Å². The van der Waals surface area contributed by atoms with Crippen molar-refractivity contribution in [2.24, 2.45) is 5.10 Å². The molecule has 1 aliphatic rings. The third-order valence-electron chi connectivity index (χ3n) is 3.23. The number of nitrogens with zero attached hydrogens (tertiary/aromatic N) is 2. The predicted octanol–water partition coefficient (Wildman–Crippen LogP) is 2.15. The van der Waals surface area contributed by atoms with Crippen LogP contribution >= 0.6 is 0 Å². The molecule has 0 aliphatic carbocycles. The summed E-state index contributed by atoms with van der Waals surface area (Å²) in [5, 5.41) is 7.25. The zero-order chi connectivity index (χ0) is 16.1. The molecule has 0 spiro atoms. The Hall–Kier alpha value is -3.15. The minimum atomic E-state index is -0.511. The predicted molar refractivity (Wildman–Crippen MR) is 85.1 cm³/mol. The van der Waals surface area contributed by atoms with Crippen LogP contribution in [-0.4, -0.2) is 29.7 Å². The van der Waals surface area contributed by atoms with Crippen LogP contribution in [0.15, 0.2) is 59.7 Å². The molecular weight excluding hydrogens is 294 g/mol. The molecule has 3 rings (SSSR count). The molecule has 2 aromatic rings. The van der Waals surface area contributed by atoms with E-state index in [0.717, 1.165) is 16.1 Å². The van der Waals surface area contributed by atoms with Crippen molar-refractivity contribution in [3.63, 3.8) is 0 Å². The third kappa shape index (κ3) is 3.94. The number of ether oxygens (including phenoxy) is 1. The minimum Gasteiger partial charge on any atom is -0.489 e. The standard InChI is InChI=1S/C17H15N3O3/c21-16-11-20(17(22)19-16)18-10-14-7-4-8-15(9-14)23-12-13-5-2-1-3-6-13/h1-10H,11-12H2,(H,19,21,22)/b18-10-. The maximum Gasteiger partial charge on any atom is 0.344 e. The molecule has 6 nitrogen and oxygen atoms in total. The number of imide groups is 1. The number of hydrogen-bond acceptors (Lipinski definition) is 4. The zero-order valence-electron chi connectivity index (χ0n) is 12.3. The number of carbonyl (C=O) groups is 2. The van der Waals surface area contributed by atoms with E-state index in [-0.39, 0.29) is 12.5 Å². The van der Waals surface area contributed by atoms with Crippen molar-refractivity contribution in [2.75, 3.05) is 6.54 Å². The van der Waals surface area contributed by atoms with Gasteiger partial charge in [0.25, 0.3) is 0 Å². The molecule has 1 heterocycles. The Morgan fingerprint density at radius 1 is 1.13 bits per heavy atom. The van der Waals surface area contributed by atoms with Crippen molar-refractivity contribution in [1.29, 1.82) is 0 Å². The van der Waals surface area contributed by atoms with Crippen molar-refractivity contribution in [3.05, 3.63) is 65.7 Å². The first-order valence-corrected chi connectivity index (χ1v) is 7.13. The van der Waals surface area contributed by atoms with Crippen LogP contribution in [0.5, 0.6) is 5.75 Å². The maximum atomic E-state index is 11.4. The van der Waals surface area contributed by atoms with Crippen LogP contribution in [0.3, 0.4) is 0 Å². The van der Waals surface area contributed by atoms with E-state index in [4.69, 9.17) is 4.74 Å². The van der Waals surface area contributed by atoms with Crippen LogP contribution in [-0.2, 0) is 11.4 Å². The van der Waals surface area contributed by atoms with Crippen LogP contribution < -0.4 is 10.1 Å². The number of carbonyl (C=O) groups excluding carboxylic acids is 2. The molecule has 2 aromatic carbocycles. The number of hydrogen-bond donors (Lipinski definition) is 1. The van der Waals surface area contributed by atoms with E-state index >= 15 is 0 Å². The van der Waals surface area contributed by atoms with E-state index in [9.17, 15) is 9.59 Å². The quantitative estimate of drug-likeness (QED) is 0.679. The molecule has 1 N–H and O–H groups in total. The molecule has 0 aromatic heterocycles. The summed E-state index contributed by atoms with van der Waals surface area (Å²) < 4.78 is 5.73. The van der Waals surface area contributed by atoms with Crippen molar-refractivity contribution in [1.82, 2.24) is 10.3 Å². The van der Waals surface area contributed by atoms with Crippen LogP contribution in [0, 0.1) is 0 Å². The molecule has 0 bridgehead atoms. The first-order chi connectivity index (χ1) is 11.2. The fraction of sp³-hybridized carbons (Fsp3) is 0.118. The fourth-order valence-corrected chi connectivity index (χ4v) is 2.09. The smallest absolute Gasteiger partial charge is 0.344 e. The van der Waals surface area contributed by atoms with Crippen molar-refractivity contribution in [3.8, 4) is 5.75 Å². The lowest BCUT2D eigenvalue weighted by Gasteiger charge is -2.07. The first-order valence-electron chi connectivity index (χ1n) is 7.13. The minimum absolute atomic E-state index is 0.0560. The molecule has 1 fully saturated rings. The molecular formula is C17H15N3O3. The van der Waals surface area contributed by atoms with E-state index in [1.54, 1.807) is 0 Å². The molecule has 1 aliphatic heterocycles. The van der Waals surface area contributed by atoms with Gasteiger partial charge < -0.3 is 4.74 Å². The highest BCUT2D eigenvalue weighted by Gasteiger charge is 2.25. The van der Waals surface area contributed by atoms with Gasteiger partial charge in [-0.25, -0.2) is 9.80 Å². The Morgan fingerprint density at radius 2 is 1.96 bits per heavy atom. The molecule has 0 saturated carbocycles. The number of urea groups is 1. The average Bonchev–Trinajstić information content (AvgIpc) is 2.90. The van der Waals surface area contributed by atoms with Crippen LogP contribution in [0.25, 0.3) is 0 Å². The zero-order valence-corrected chi connectivity index (χ0v) is 12.3. The molecule has 0 radical (unpaired) electrons. The lowest BCUT2D eigenvalue weighted by Crippen LogP contribution is -2.24. The second-order valence-electron chi connectivity index (χ2n) is 5.00. The Bertz CT molecular complexity index is 744. The van der Waals surface area contributed by atoms with Gasteiger partial charge in [-0.15, -0.1) is 0 Å². The summed E-state index contributed by atoms with van der Waals surface area (Å²) in [6.07, 6.45) is 1.52. The number of rotatable bonds is 5. The van der Waals surface area contributed by atoms with Crippen molar-refractivity contribution in [2.45, 2.75) is 6.61 Å². The van der Waals surface area contributed by atoms with Gasteiger partial charge in [0.1, 0.15) is 18.9 Å². The highest BCUT2D eigenvalue weighted by Crippen LogP contribution is 2.14. The van der Waals surface area contributed by atoms with Gasteiger partial charge in [-0.2, -0.15) is 5.10 Å². The Balaban J connectivity index is 1.63. The van der Waals surface area contributed by atoms with Crippen molar-refractivity contribution >= 4 is 18.2 Å². The summed E-state index contributed by atoms with van der Waals surface area (Å²) in [6, 6.07) is 16.7. The first kappa shape index (κ1) is 14.8. The number of amides is 3. The number of hydrazone groups is 1. The molecule has 1 saturated heterocycles. The highest BCUT2D eigenvalue weighted by atomic mass is 16.5. The van der Waals surface area contributed by atoms with E-state index in [2.05, 4.69) is 10.4 Å². The third-order valence-corrected chi connectivity index (χ3v) is 3.23. The van der Waals surface area contributed by atoms with E-state index in [1.165, 1.54) is 6.21 Å². The normalized spacial score (nSPS) is 14.3. The molecule has 23 heavy (non-hydrogen) atoms. The van der Waals surface area contributed by atoms with Gasteiger partial charge in [-0.3, -0.25) is 10.1 Å². The largest absolute Gasteiger partial charge is 0.489 e. The van der Waals surface area contributed by atoms with Gasteiger partial charge in [-0.05, 0) is 23.3 Å². The summed E-state index contributed by atoms with van der Waals surface area (Å²) in [6.45, 7) is 0.421.